The minimum Gasteiger partial charge on any atom is -0.456 e. The highest BCUT2D eigenvalue weighted by atomic mass is 28.3. The van der Waals surface area contributed by atoms with Gasteiger partial charge in [-0.25, -0.2) is 0 Å². The molecule has 52 heavy (non-hydrogen) atoms. The maximum atomic E-state index is 6.53. The molecule has 0 spiro atoms. The van der Waals surface area contributed by atoms with E-state index in [4.69, 9.17) is 13.3 Å². The fourth-order valence-corrected chi connectivity index (χ4v) is 13.2. The summed E-state index contributed by atoms with van der Waals surface area (Å²) < 4.78 is 19.0. The molecule has 3 nitrogen and oxygen atoms in total. The van der Waals surface area contributed by atoms with Crippen molar-refractivity contribution in [3.05, 3.63) is 182 Å². The van der Waals surface area contributed by atoms with E-state index in [1.807, 2.05) is 18.2 Å². The molecule has 0 atom stereocenters. The average Bonchev–Trinajstić information content (AvgIpc) is 3.89. The van der Waals surface area contributed by atoms with Crippen molar-refractivity contribution in [3.8, 4) is 11.1 Å². The van der Waals surface area contributed by atoms with Crippen LogP contribution in [0.25, 0.3) is 76.9 Å². The smallest absolute Gasteiger partial charge is 0.179 e. The van der Waals surface area contributed by atoms with E-state index < -0.39 is 8.07 Å². The lowest BCUT2D eigenvalue weighted by Gasteiger charge is -2.34. The molecule has 0 fully saturated rings. The van der Waals surface area contributed by atoms with Crippen LogP contribution >= 0.6 is 0 Å². The van der Waals surface area contributed by atoms with Gasteiger partial charge in [-0.3, -0.25) is 0 Å². The summed E-state index contributed by atoms with van der Waals surface area (Å²) in [6.07, 6.45) is 0. The molecule has 0 N–H and O–H groups in total. The molecular weight excluding hydrogens is 653 g/mol. The molecule has 0 radical (unpaired) electrons. The van der Waals surface area contributed by atoms with E-state index in [9.17, 15) is 0 Å². The number of hydrogen-bond donors (Lipinski definition) is 0. The van der Waals surface area contributed by atoms with Crippen molar-refractivity contribution in [1.82, 2.24) is 0 Å². The Morgan fingerprint density at radius 1 is 0.250 bits per heavy atom. The first-order valence-corrected chi connectivity index (χ1v) is 19.7. The van der Waals surface area contributed by atoms with Crippen LogP contribution in [0.4, 0.5) is 0 Å². The number of para-hydroxylation sites is 2. The van der Waals surface area contributed by atoms with E-state index >= 15 is 0 Å². The summed E-state index contributed by atoms with van der Waals surface area (Å²) in [5.74, 6) is 0. The predicted octanol–water partition coefficient (Wildman–Crippen LogP) is 10.4. The van der Waals surface area contributed by atoms with Crippen molar-refractivity contribution in [1.29, 1.82) is 0 Å². The quantitative estimate of drug-likeness (QED) is 0.134. The normalized spacial score (nSPS) is 12.2. The Bertz CT molecular complexity index is 3090. The molecule has 0 bridgehead atoms. The summed E-state index contributed by atoms with van der Waals surface area (Å²) in [7, 11) is -2.88. The zero-order valence-electron chi connectivity index (χ0n) is 28.0. The summed E-state index contributed by atoms with van der Waals surface area (Å²) in [6.45, 7) is 0. The zero-order valence-corrected chi connectivity index (χ0v) is 29.0. The van der Waals surface area contributed by atoms with Crippen molar-refractivity contribution in [2.75, 3.05) is 0 Å². The topological polar surface area (TPSA) is 39.4 Å². The lowest BCUT2D eigenvalue weighted by atomic mass is 10.0. The second kappa shape index (κ2) is 11.2. The molecule has 0 aliphatic rings. The van der Waals surface area contributed by atoms with E-state index in [0.29, 0.717) is 0 Å². The van der Waals surface area contributed by atoms with Crippen LogP contribution in [0.2, 0.25) is 0 Å². The van der Waals surface area contributed by atoms with Crippen LogP contribution < -0.4 is 20.7 Å². The van der Waals surface area contributed by atoms with E-state index in [0.717, 1.165) is 76.9 Å². The van der Waals surface area contributed by atoms with Crippen LogP contribution in [0, 0.1) is 0 Å². The number of fused-ring (bicyclic) bond motifs is 9. The molecule has 0 aliphatic heterocycles. The first-order chi connectivity index (χ1) is 25.7. The molecule has 0 saturated carbocycles. The van der Waals surface area contributed by atoms with Gasteiger partial charge in [-0.2, -0.15) is 0 Å². The molecule has 0 amide bonds. The molecule has 11 rings (SSSR count). The predicted molar refractivity (Wildman–Crippen MR) is 217 cm³/mol. The SMILES string of the molecule is c1ccc([Si](c2ccccc2)(c2ccc3oc4ccccc4c3c2)c2ccc3oc4ccc(-c5ccc6oc7ccccc7c6c5)cc4c3c2)cc1. The van der Waals surface area contributed by atoms with E-state index in [1.54, 1.807) is 0 Å². The lowest BCUT2D eigenvalue weighted by molar-refractivity contribution is 0.668. The largest absolute Gasteiger partial charge is 0.456 e. The first-order valence-electron chi connectivity index (χ1n) is 17.7. The molecule has 8 aromatic carbocycles. The Balaban J connectivity index is 1.17. The summed E-state index contributed by atoms with van der Waals surface area (Å²) in [5, 5.41) is 12.0. The third kappa shape index (κ3) is 4.25. The van der Waals surface area contributed by atoms with Gasteiger partial charge in [-0.05, 0) is 80.4 Å². The summed E-state index contributed by atoms with van der Waals surface area (Å²) >= 11 is 0. The summed E-state index contributed by atoms with van der Waals surface area (Å²) in [4.78, 5) is 0. The van der Waals surface area contributed by atoms with Crippen molar-refractivity contribution < 1.29 is 13.3 Å². The molecule has 3 aromatic heterocycles. The molecule has 0 unspecified atom stereocenters. The Morgan fingerprint density at radius 2 is 0.596 bits per heavy atom. The summed E-state index contributed by atoms with van der Waals surface area (Å²) in [5.41, 5.74) is 7.65. The Kier molecular flexibility index (Phi) is 6.27. The molecule has 4 heteroatoms. The van der Waals surface area contributed by atoms with Gasteiger partial charge in [0.1, 0.15) is 33.5 Å². The van der Waals surface area contributed by atoms with Gasteiger partial charge in [0.2, 0.25) is 0 Å². The Morgan fingerprint density at radius 3 is 1.08 bits per heavy atom. The highest BCUT2D eigenvalue weighted by molar-refractivity contribution is 7.20. The van der Waals surface area contributed by atoms with E-state index in [1.165, 1.54) is 20.7 Å². The van der Waals surface area contributed by atoms with Gasteiger partial charge in [-0.1, -0.05) is 133 Å². The van der Waals surface area contributed by atoms with Gasteiger partial charge in [-0.15, -0.1) is 0 Å². The number of benzene rings is 8. The van der Waals surface area contributed by atoms with Crippen LogP contribution in [0.15, 0.2) is 195 Å². The van der Waals surface area contributed by atoms with Gasteiger partial charge in [0.25, 0.3) is 0 Å². The number of hydrogen-bond acceptors (Lipinski definition) is 3. The van der Waals surface area contributed by atoms with Gasteiger partial charge in [0.05, 0.1) is 0 Å². The van der Waals surface area contributed by atoms with Crippen LogP contribution in [-0.4, -0.2) is 8.07 Å². The van der Waals surface area contributed by atoms with Crippen molar-refractivity contribution in [3.63, 3.8) is 0 Å². The van der Waals surface area contributed by atoms with Crippen LogP contribution in [0.5, 0.6) is 0 Å². The van der Waals surface area contributed by atoms with Gasteiger partial charge >= 0.3 is 0 Å². The standard InChI is InChI=1S/C48H30O3Si/c1-3-11-33(12-4-1)52(34-13-5-2-6-14-34,35-21-25-47-41(29-35)38-16-8-10-18-44(38)50-47)36-22-26-48-42(30-36)40-28-32(20-24-46(40)51-48)31-19-23-45-39(27-31)37-15-7-9-17-43(37)49-45/h1-30H. The monoisotopic (exact) mass is 682 g/mol. The second-order valence-corrected chi connectivity index (χ2v) is 17.4. The fraction of sp³-hybridized carbons (Fsp3) is 0. The second-order valence-electron chi connectivity index (χ2n) is 13.6. The van der Waals surface area contributed by atoms with Gasteiger partial charge in [0, 0.05) is 32.3 Å². The average molecular weight is 683 g/mol. The zero-order chi connectivity index (χ0) is 34.2. The molecule has 0 aliphatic carbocycles. The Hall–Kier alpha value is -6.62. The molecular formula is C48H30O3Si. The van der Waals surface area contributed by atoms with Crippen molar-refractivity contribution in [2.24, 2.45) is 0 Å². The molecule has 3 heterocycles. The van der Waals surface area contributed by atoms with Gasteiger partial charge in [0.15, 0.2) is 8.07 Å². The van der Waals surface area contributed by atoms with Crippen LogP contribution in [-0.2, 0) is 0 Å². The minimum absolute atomic E-state index is 0.878. The maximum absolute atomic E-state index is 6.53. The van der Waals surface area contributed by atoms with Crippen molar-refractivity contribution in [2.45, 2.75) is 0 Å². The molecule has 0 saturated heterocycles. The third-order valence-corrected chi connectivity index (χ3v) is 15.6. The van der Waals surface area contributed by atoms with Crippen LogP contribution in [0.3, 0.4) is 0 Å². The van der Waals surface area contributed by atoms with Crippen molar-refractivity contribution >= 4 is 94.6 Å². The van der Waals surface area contributed by atoms with Crippen LogP contribution in [0.1, 0.15) is 0 Å². The molecule has 11 aromatic rings. The number of furan rings is 3. The molecule has 244 valence electrons. The first kappa shape index (κ1) is 29.1. The minimum atomic E-state index is -2.88. The number of rotatable bonds is 5. The van der Waals surface area contributed by atoms with E-state index in [2.05, 4.69) is 164 Å². The maximum Gasteiger partial charge on any atom is 0.179 e. The fourth-order valence-electron chi connectivity index (χ4n) is 8.43. The highest BCUT2D eigenvalue weighted by Crippen LogP contribution is 2.36. The summed E-state index contributed by atoms with van der Waals surface area (Å²) in [6, 6.07) is 65.5. The van der Waals surface area contributed by atoms with Gasteiger partial charge < -0.3 is 13.3 Å². The highest BCUT2D eigenvalue weighted by Gasteiger charge is 2.42. The lowest BCUT2D eigenvalue weighted by Crippen LogP contribution is -2.74. The van der Waals surface area contributed by atoms with E-state index in [-0.39, 0.29) is 0 Å². The third-order valence-electron chi connectivity index (χ3n) is 10.8. The Labute approximate surface area is 300 Å².